The van der Waals surface area contributed by atoms with E-state index in [1.54, 1.807) is 0 Å². The highest BCUT2D eigenvalue weighted by Crippen LogP contribution is 2.21. The fourth-order valence-corrected chi connectivity index (χ4v) is 2.46. The number of hydrogen-bond donors (Lipinski definition) is 2. The number of ether oxygens (including phenoxy) is 2. The molecule has 106 valence electrons. The van der Waals surface area contributed by atoms with Crippen molar-refractivity contribution in [3.8, 4) is 0 Å². The number of nitrogens with zero attached hydrogens (tertiary/aromatic N) is 1. The van der Waals surface area contributed by atoms with Crippen LogP contribution in [0.4, 0.5) is 0 Å². The molecule has 1 aromatic heterocycles. The maximum Gasteiger partial charge on any atom is 0.327 e. The third-order valence-electron chi connectivity index (χ3n) is 3.48. The summed E-state index contributed by atoms with van der Waals surface area (Å²) in [7, 11) is 1.40. The van der Waals surface area contributed by atoms with Crippen molar-refractivity contribution in [2.45, 2.75) is 38.8 Å². The van der Waals surface area contributed by atoms with Gasteiger partial charge in [-0.05, 0) is 26.7 Å². The lowest BCUT2D eigenvalue weighted by Gasteiger charge is -2.19. The Morgan fingerprint density at radius 2 is 2.42 bits per heavy atom. The number of rotatable bonds is 5. The van der Waals surface area contributed by atoms with Crippen LogP contribution in [0.3, 0.4) is 0 Å². The van der Waals surface area contributed by atoms with Crippen LogP contribution in [-0.2, 0) is 14.3 Å². The van der Waals surface area contributed by atoms with Crippen molar-refractivity contribution in [2.24, 2.45) is 0 Å². The number of carbonyl (C=O) groups is 1. The molecule has 0 aliphatic carbocycles. The highest BCUT2D eigenvalue weighted by molar-refractivity contribution is 5.78. The van der Waals surface area contributed by atoms with E-state index >= 15 is 0 Å². The Balaban J connectivity index is 2.09. The lowest BCUT2D eigenvalue weighted by molar-refractivity contribution is -0.143. The molecule has 2 heterocycles. The van der Waals surface area contributed by atoms with Gasteiger partial charge in [0, 0.05) is 24.4 Å². The zero-order chi connectivity index (χ0) is 13.8. The van der Waals surface area contributed by atoms with Gasteiger partial charge >= 0.3 is 5.97 Å². The Bertz CT molecular complexity index is 419. The van der Waals surface area contributed by atoms with Gasteiger partial charge in [0.15, 0.2) is 0 Å². The molecule has 6 heteroatoms. The zero-order valence-corrected chi connectivity index (χ0v) is 11.7. The fraction of sp³-hybridized carbons (Fsp3) is 0.692. The summed E-state index contributed by atoms with van der Waals surface area (Å²) in [6.07, 6.45) is 2.29. The van der Waals surface area contributed by atoms with Crippen molar-refractivity contribution >= 4 is 5.97 Å². The van der Waals surface area contributed by atoms with Gasteiger partial charge in [-0.2, -0.15) is 5.10 Å². The van der Waals surface area contributed by atoms with Gasteiger partial charge in [-0.25, -0.2) is 4.79 Å². The minimum absolute atomic E-state index is 0.180. The highest BCUT2D eigenvalue weighted by Gasteiger charge is 2.28. The van der Waals surface area contributed by atoms with Crippen LogP contribution in [0.1, 0.15) is 35.8 Å². The molecule has 1 aliphatic heterocycles. The first-order chi connectivity index (χ1) is 9.13. The molecule has 0 saturated carbocycles. The third-order valence-corrected chi connectivity index (χ3v) is 3.48. The minimum atomic E-state index is -0.493. The molecule has 6 nitrogen and oxygen atoms in total. The molecule has 0 amide bonds. The number of aromatic amines is 1. The summed E-state index contributed by atoms with van der Waals surface area (Å²) >= 11 is 0. The van der Waals surface area contributed by atoms with Gasteiger partial charge in [0.1, 0.15) is 6.04 Å². The number of H-pyrrole nitrogens is 1. The molecule has 19 heavy (non-hydrogen) atoms. The number of esters is 1. The topological polar surface area (TPSA) is 76.2 Å². The maximum atomic E-state index is 12.0. The summed E-state index contributed by atoms with van der Waals surface area (Å²) in [6, 6.07) is -0.493. The van der Waals surface area contributed by atoms with Gasteiger partial charge < -0.3 is 9.47 Å². The van der Waals surface area contributed by atoms with Gasteiger partial charge in [0.05, 0.1) is 18.9 Å². The average Bonchev–Trinajstić information content (AvgIpc) is 3.02. The first-order valence-electron chi connectivity index (χ1n) is 6.57. The van der Waals surface area contributed by atoms with Crippen molar-refractivity contribution in [3.05, 3.63) is 17.0 Å². The molecule has 0 aromatic carbocycles. The summed E-state index contributed by atoms with van der Waals surface area (Å²) in [6.45, 7) is 5.23. The third kappa shape index (κ3) is 3.13. The van der Waals surface area contributed by atoms with Crippen LogP contribution in [0.25, 0.3) is 0 Å². The number of nitrogens with one attached hydrogen (secondary N) is 2. The molecule has 0 bridgehead atoms. The van der Waals surface area contributed by atoms with Crippen molar-refractivity contribution in [2.75, 3.05) is 20.3 Å². The lowest BCUT2D eigenvalue weighted by atomic mass is 10.0. The number of aromatic nitrogens is 2. The number of carbonyl (C=O) groups excluding carboxylic acids is 1. The zero-order valence-electron chi connectivity index (χ0n) is 11.7. The molecule has 2 unspecified atom stereocenters. The predicted molar refractivity (Wildman–Crippen MR) is 69.8 cm³/mol. The van der Waals surface area contributed by atoms with Crippen LogP contribution in [0.5, 0.6) is 0 Å². The Kier molecular flexibility index (Phi) is 4.55. The normalized spacial score (nSPS) is 20.5. The molecule has 0 radical (unpaired) electrons. The molecule has 0 spiro atoms. The summed E-state index contributed by atoms with van der Waals surface area (Å²) in [5, 5.41) is 10.3. The monoisotopic (exact) mass is 267 g/mol. The Hall–Kier alpha value is -1.40. The van der Waals surface area contributed by atoms with E-state index in [9.17, 15) is 4.79 Å². The lowest BCUT2D eigenvalue weighted by Crippen LogP contribution is -2.35. The average molecular weight is 267 g/mol. The molecular formula is C13H21N3O3. The summed E-state index contributed by atoms with van der Waals surface area (Å²) < 4.78 is 10.4. The molecule has 2 N–H and O–H groups in total. The Labute approximate surface area is 112 Å². The van der Waals surface area contributed by atoms with E-state index in [0.717, 1.165) is 36.4 Å². The van der Waals surface area contributed by atoms with E-state index < -0.39 is 6.04 Å². The largest absolute Gasteiger partial charge is 0.468 e. The first-order valence-corrected chi connectivity index (χ1v) is 6.57. The summed E-state index contributed by atoms with van der Waals surface area (Å²) in [5.41, 5.74) is 2.56. The Morgan fingerprint density at radius 3 is 2.95 bits per heavy atom. The molecule has 1 fully saturated rings. The second-order valence-corrected chi connectivity index (χ2v) is 4.85. The molecular weight excluding hydrogens is 246 g/mol. The standard InChI is InChI=1S/C13H21N3O3/c1-8-11(9(2)16-15-8)12(13(17)18-3)14-7-10-5-4-6-19-10/h10,12,14H,4-7H2,1-3H3,(H,15,16). The van der Waals surface area contributed by atoms with E-state index in [2.05, 4.69) is 15.5 Å². The smallest absolute Gasteiger partial charge is 0.327 e. The van der Waals surface area contributed by atoms with Gasteiger partial charge in [0.2, 0.25) is 0 Å². The van der Waals surface area contributed by atoms with E-state index in [4.69, 9.17) is 9.47 Å². The van der Waals surface area contributed by atoms with Gasteiger partial charge in [-0.15, -0.1) is 0 Å². The second kappa shape index (κ2) is 6.16. The predicted octanol–water partition coefficient (Wildman–Crippen LogP) is 1.01. The van der Waals surface area contributed by atoms with Gasteiger partial charge in [0.25, 0.3) is 0 Å². The van der Waals surface area contributed by atoms with Gasteiger partial charge in [-0.1, -0.05) is 0 Å². The number of hydrogen-bond acceptors (Lipinski definition) is 5. The molecule has 1 aliphatic rings. The number of aryl methyl sites for hydroxylation is 2. The SMILES string of the molecule is COC(=O)C(NCC1CCCO1)c1c(C)n[nH]c1C. The van der Waals surface area contributed by atoms with Gasteiger partial charge in [-0.3, -0.25) is 10.4 Å². The van der Waals surface area contributed by atoms with Crippen molar-refractivity contribution in [3.63, 3.8) is 0 Å². The van der Waals surface area contributed by atoms with Crippen LogP contribution >= 0.6 is 0 Å². The minimum Gasteiger partial charge on any atom is -0.468 e. The second-order valence-electron chi connectivity index (χ2n) is 4.85. The molecule has 2 atom stereocenters. The molecule has 2 rings (SSSR count). The van der Waals surface area contributed by atoms with E-state index in [-0.39, 0.29) is 12.1 Å². The highest BCUT2D eigenvalue weighted by atomic mass is 16.5. The van der Waals surface area contributed by atoms with Crippen LogP contribution in [0.2, 0.25) is 0 Å². The maximum absolute atomic E-state index is 12.0. The quantitative estimate of drug-likeness (QED) is 0.779. The van der Waals surface area contributed by atoms with E-state index in [1.165, 1.54) is 7.11 Å². The molecule has 1 aromatic rings. The van der Waals surface area contributed by atoms with Crippen molar-refractivity contribution in [1.29, 1.82) is 0 Å². The van der Waals surface area contributed by atoms with E-state index in [1.807, 2.05) is 13.8 Å². The summed E-state index contributed by atoms with van der Waals surface area (Å²) in [4.78, 5) is 12.0. The van der Waals surface area contributed by atoms with Crippen LogP contribution < -0.4 is 5.32 Å². The first kappa shape index (κ1) is 14.0. The molecule has 1 saturated heterocycles. The number of methoxy groups -OCH3 is 1. The Morgan fingerprint density at radius 1 is 1.63 bits per heavy atom. The van der Waals surface area contributed by atoms with Crippen LogP contribution in [-0.4, -0.2) is 42.5 Å². The van der Waals surface area contributed by atoms with E-state index in [0.29, 0.717) is 6.54 Å². The summed E-state index contributed by atoms with van der Waals surface area (Å²) in [5.74, 6) is -0.300. The van der Waals surface area contributed by atoms with Crippen LogP contribution in [0, 0.1) is 13.8 Å². The van der Waals surface area contributed by atoms with Crippen LogP contribution in [0.15, 0.2) is 0 Å². The van der Waals surface area contributed by atoms with Crippen molar-refractivity contribution in [1.82, 2.24) is 15.5 Å². The fourth-order valence-electron chi connectivity index (χ4n) is 2.46. The van der Waals surface area contributed by atoms with Crippen molar-refractivity contribution < 1.29 is 14.3 Å².